The zero-order chi connectivity index (χ0) is 12.1. The first-order valence-corrected chi connectivity index (χ1v) is 6.25. The van der Waals surface area contributed by atoms with E-state index < -0.39 is 0 Å². The molecule has 1 saturated heterocycles. The number of hydrogen-bond acceptors (Lipinski definition) is 4. The van der Waals surface area contributed by atoms with Crippen LogP contribution in [0, 0.1) is 0 Å². The predicted molar refractivity (Wildman–Crippen MR) is 68.6 cm³/mol. The number of nitrogen functional groups attached to an aromatic ring is 1. The van der Waals surface area contributed by atoms with Gasteiger partial charge < -0.3 is 10.5 Å². The number of ether oxygens (including phenoxy) is 1. The molecule has 17 heavy (non-hydrogen) atoms. The number of rotatable bonds is 4. The number of likely N-dealkylation sites (N-methyl/N-ethyl adjacent to an activating group) is 1. The predicted octanol–water partition coefficient (Wildman–Crippen LogP) is 1.66. The Morgan fingerprint density at radius 3 is 3.06 bits per heavy atom. The Hall–Kier alpha value is -1.13. The molecular weight excluding hydrogens is 214 g/mol. The Morgan fingerprint density at radius 2 is 2.35 bits per heavy atom. The van der Waals surface area contributed by atoms with E-state index in [2.05, 4.69) is 16.9 Å². The molecule has 0 aromatic carbocycles. The summed E-state index contributed by atoms with van der Waals surface area (Å²) in [6.07, 6.45) is 4.05. The first kappa shape index (κ1) is 12.3. The third-order valence-corrected chi connectivity index (χ3v) is 3.05. The lowest BCUT2D eigenvalue weighted by atomic mass is 10.1. The van der Waals surface area contributed by atoms with Crippen molar-refractivity contribution in [1.82, 2.24) is 9.88 Å². The standard InChI is InChI=1S/C13H21N3O/c1-16(10-12-6-2-3-8-17-12)9-11-5-4-7-13(14)15-11/h4-5,7,12H,2-3,6,8-10H2,1H3,(H2,14,15). The van der Waals surface area contributed by atoms with Crippen LogP contribution >= 0.6 is 0 Å². The van der Waals surface area contributed by atoms with Crippen molar-refractivity contribution in [3.8, 4) is 0 Å². The summed E-state index contributed by atoms with van der Waals surface area (Å²) in [5.41, 5.74) is 6.68. The molecule has 1 aromatic rings. The molecule has 1 atom stereocenters. The molecule has 0 radical (unpaired) electrons. The van der Waals surface area contributed by atoms with Gasteiger partial charge in [-0.3, -0.25) is 4.90 Å². The second kappa shape index (κ2) is 5.98. The van der Waals surface area contributed by atoms with E-state index in [1.807, 2.05) is 18.2 Å². The molecule has 1 aromatic heterocycles. The van der Waals surface area contributed by atoms with Crippen molar-refractivity contribution in [1.29, 1.82) is 0 Å². The minimum absolute atomic E-state index is 0.384. The number of hydrogen-bond donors (Lipinski definition) is 1. The van der Waals surface area contributed by atoms with Crippen LogP contribution in [0.1, 0.15) is 25.0 Å². The highest BCUT2D eigenvalue weighted by molar-refractivity contribution is 5.28. The van der Waals surface area contributed by atoms with Crippen molar-refractivity contribution in [2.45, 2.75) is 31.9 Å². The SMILES string of the molecule is CN(Cc1cccc(N)n1)CC1CCCCO1. The van der Waals surface area contributed by atoms with Crippen LogP contribution in [-0.2, 0) is 11.3 Å². The molecule has 1 aliphatic heterocycles. The van der Waals surface area contributed by atoms with Crippen molar-refractivity contribution in [2.24, 2.45) is 0 Å². The van der Waals surface area contributed by atoms with Crippen LogP contribution < -0.4 is 5.73 Å². The molecule has 1 fully saturated rings. The quantitative estimate of drug-likeness (QED) is 0.862. The van der Waals surface area contributed by atoms with Gasteiger partial charge in [-0.25, -0.2) is 4.98 Å². The van der Waals surface area contributed by atoms with Gasteiger partial charge in [0.25, 0.3) is 0 Å². The smallest absolute Gasteiger partial charge is 0.123 e. The zero-order valence-electron chi connectivity index (χ0n) is 10.4. The molecule has 2 heterocycles. The molecule has 4 heteroatoms. The normalized spacial score (nSPS) is 20.7. The third kappa shape index (κ3) is 3.98. The Labute approximate surface area is 103 Å². The number of nitrogens with zero attached hydrogens (tertiary/aromatic N) is 2. The fraction of sp³-hybridized carbons (Fsp3) is 0.615. The minimum Gasteiger partial charge on any atom is -0.384 e. The topological polar surface area (TPSA) is 51.4 Å². The fourth-order valence-electron chi connectivity index (χ4n) is 2.23. The lowest BCUT2D eigenvalue weighted by Crippen LogP contribution is -2.33. The maximum Gasteiger partial charge on any atom is 0.123 e. The molecular formula is C13H21N3O. The van der Waals surface area contributed by atoms with Gasteiger partial charge in [0.2, 0.25) is 0 Å². The van der Waals surface area contributed by atoms with E-state index in [1.54, 1.807) is 0 Å². The molecule has 0 aliphatic carbocycles. The molecule has 2 rings (SSSR count). The van der Waals surface area contributed by atoms with Gasteiger partial charge >= 0.3 is 0 Å². The first-order chi connectivity index (χ1) is 8.24. The molecule has 2 N–H and O–H groups in total. The lowest BCUT2D eigenvalue weighted by molar-refractivity contribution is -0.00273. The highest BCUT2D eigenvalue weighted by Crippen LogP contribution is 2.14. The van der Waals surface area contributed by atoms with Crippen LogP contribution in [0.25, 0.3) is 0 Å². The second-order valence-corrected chi connectivity index (χ2v) is 4.74. The largest absolute Gasteiger partial charge is 0.384 e. The van der Waals surface area contributed by atoms with Gasteiger partial charge in [-0.15, -0.1) is 0 Å². The van der Waals surface area contributed by atoms with Gasteiger partial charge in [0.15, 0.2) is 0 Å². The van der Waals surface area contributed by atoms with Gasteiger partial charge in [0.1, 0.15) is 5.82 Å². The summed E-state index contributed by atoms with van der Waals surface area (Å²) in [6, 6.07) is 5.77. The highest BCUT2D eigenvalue weighted by atomic mass is 16.5. The van der Waals surface area contributed by atoms with Crippen LogP contribution in [0.2, 0.25) is 0 Å². The van der Waals surface area contributed by atoms with E-state index in [9.17, 15) is 0 Å². The third-order valence-electron chi connectivity index (χ3n) is 3.05. The first-order valence-electron chi connectivity index (χ1n) is 6.25. The summed E-state index contributed by atoms with van der Waals surface area (Å²) >= 11 is 0. The van der Waals surface area contributed by atoms with Gasteiger partial charge in [-0.2, -0.15) is 0 Å². The highest BCUT2D eigenvalue weighted by Gasteiger charge is 2.16. The van der Waals surface area contributed by atoms with E-state index in [-0.39, 0.29) is 0 Å². The van der Waals surface area contributed by atoms with E-state index in [4.69, 9.17) is 10.5 Å². The Kier molecular flexibility index (Phi) is 4.34. The van der Waals surface area contributed by atoms with Gasteiger partial charge in [-0.1, -0.05) is 6.07 Å². The summed E-state index contributed by atoms with van der Waals surface area (Å²) < 4.78 is 5.72. The molecule has 0 bridgehead atoms. The summed E-state index contributed by atoms with van der Waals surface area (Å²) in [5.74, 6) is 0.588. The van der Waals surface area contributed by atoms with Crippen LogP contribution in [0.4, 0.5) is 5.82 Å². The van der Waals surface area contributed by atoms with Crippen LogP contribution in [0.5, 0.6) is 0 Å². The summed E-state index contributed by atoms with van der Waals surface area (Å²) in [4.78, 5) is 6.55. The van der Waals surface area contributed by atoms with Crippen molar-refractivity contribution in [3.63, 3.8) is 0 Å². The molecule has 0 amide bonds. The molecule has 94 valence electrons. The Bertz CT molecular complexity index is 350. The van der Waals surface area contributed by atoms with E-state index >= 15 is 0 Å². The monoisotopic (exact) mass is 235 g/mol. The van der Waals surface area contributed by atoms with Crippen LogP contribution in [-0.4, -0.2) is 36.2 Å². The van der Waals surface area contributed by atoms with Crippen LogP contribution in [0.15, 0.2) is 18.2 Å². The van der Waals surface area contributed by atoms with Crippen molar-refractivity contribution in [2.75, 3.05) is 25.9 Å². The Morgan fingerprint density at radius 1 is 1.47 bits per heavy atom. The number of nitrogens with two attached hydrogens (primary N) is 1. The van der Waals surface area contributed by atoms with E-state index in [1.165, 1.54) is 19.3 Å². The molecule has 1 aliphatic rings. The second-order valence-electron chi connectivity index (χ2n) is 4.74. The molecule has 4 nitrogen and oxygen atoms in total. The van der Waals surface area contributed by atoms with Crippen LogP contribution in [0.3, 0.4) is 0 Å². The average molecular weight is 235 g/mol. The molecule has 0 spiro atoms. The maximum atomic E-state index is 5.72. The van der Waals surface area contributed by atoms with Gasteiger partial charge in [0, 0.05) is 19.7 Å². The number of aromatic nitrogens is 1. The minimum atomic E-state index is 0.384. The summed E-state index contributed by atoms with van der Waals surface area (Å²) in [5, 5.41) is 0. The Balaban J connectivity index is 1.82. The average Bonchev–Trinajstić information content (AvgIpc) is 2.30. The van der Waals surface area contributed by atoms with Crippen molar-refractivity contribution >= 4 is 5.82 Å². The van der Waals surface area contributed by atoms with E-state index in [0.717, 1.165) is 25.4 Å². The molecule has 0 saturated carbocycles. The lowest BCUT2D eigenvalue weighted by Gasteiger charge is -2.27. The number of anilines is 1. The van der Waals surface area contributed by atoms with E-state index in [0.29, 0.717) is 11.9 Å². The van der Waals surface area contributed by atoms with Crippen molar-refractivity contribution < 1.29 is 4.74 Å². The number of pyridine rings is 1. The molecule has 1 unspecified atom stereocenters. The van der Waals surface area contributed by atoms with Gasteiger partial charge in [0.05, 0.1) is 11.8 Å². The zero-order valence-corrected chi connectivity index (χ0v) is 10.4. The van der Waals surface area contributed by atoms with Crippen molar-refractivity contribution in [3.05, 3.63) is 23.9 Å². The fourth-order valence-corrected chi connectivity index (χ4v) is 2.23. The maximum absolute atomic E-state index is 5.72. The van der Waals surface area contributed by atoms with Gasteiger partial charge in [-0.05, 0) is 38.4 Å². The summed E-state index contributed by atoms with van der Waals surface area (Å²) in [6.45, 7) is 2.70. The summed E-state index contributed by atoms with van der Waals surface area (Å²) in [7, 11) is 2.10.